The molecule has 2 N–H and O–H groups in total. The van der Waals surface area contributed by atoms with Crippen LogP contribution < -0.4 is 10.6 Å². The van der Waals surface area contributed by atoms with Crippen LogP contribution in [0.2, 0.25) is 0 Å². The second kappa shape index (κ2) is 5.75. The van der Waals surface area contributed by atoms with Crippen molar-refractivity contribution >= 4 is 17.0 Å². The molecule has 2 aromatic heterocycles. The molecular formula is C14H17N5. The van der Waals surface area contributed by atoms with Crippen LogP contribution >= 0.6 is 0 Å². The first kappa shape index (κ1) is 12.0. The Hall–Kier alpha value is -2.01. The first-order chi connectivity index (χ1) is 9.42. The first-order valence-electron chi connectivity index (χ1n) is 6.62. The van der Waals surface area contributed by atoms with Crippen LogP contribution in [0.1, 0.15) is 12.8 Å². The largest absolute Gasteiger partial charge is 0.370 e. The smallest absolute Gasteiger partial charge is 0.180 e. The number of hydrogen-bond acceptors (Lipinski definition) is 5. The van der Waals surface area contributed by atoms with Gasteiger partial charge in [-0.2, -0.15) is 0 Å². The molecule has 0 aromatic carbocycles. The summed E-state index contributed by atoms with van der Waals surface area (Å²) in [7, 11) is 0. The summed E-state index contributed by atoms with van der Waals surface area (Å²) >= 11 is 0. The Balaban J connectivity index is 1.60. The minimum Gasteiger partial charge on any atom is -0.370 e. The van der Waals surface area contributed by atoms with Crippen LogP contribution in [0, 0.1) is 0 Å². The van der Waals surface area contributed by atoms with Crippen molar-refractivity contribution in [3.63, 3.8) is 0 Å². The van der Waals surface area contributed by atoms with Gasteiger partial charge in [0.25, 0.3) is 0 Å². The normalized spacial score (nSPS) is 15.3. The Morgan fingerprint density at radius 3 is 3.05 bits per heavy atom. The van der Waals surface area contributed by atoms with Gasteiger partial charge in [-0.05, 0) is 31.5 Å². The van der Waals surface area contributed by atoms with E-state index in [4.69, 9.17) is 0 Å². The molecule has 1 aliphatic heterocycles. The summed E-state index contributed by atoms with van der Waals surface area (Å²) in [5, 5.41) is 6.66. The molecule has 0 saturated heterocycles. The molecule has 3 heterocycles. The Labute approximate surface area is 112 Å². The van der Waals surface area contributed by atoms with E-state index in [9.17, 15) is 0 Å². The zero-order chi connectivity index (χ0) is 12.9. The van der Waals surface area contributed by atoms with E-state index in [-0.39, 0.29) is 0 Å². The maximum absolute atomic E-state index is 4.44. The summed E-state index contributed by atoms with van der Waals surface area (Å²) < 4.78 is 0. The highest BCUT2D eigenvalue weighted by atomic mass is 15.0. The third-order valence-electron chi connectivity index (χ3n) is 3.24. The topological polar surface area (TPSA) is 62.7 Å². The van der Waals surface area contributed by atoms with Gasteiger partial charge in [0.05, 0.1) is 0 Å². The van der Waals surface area contributed by atoms with Crippen molar-refractivity contribution in [2.24, 2.45) is 0 Å². The van der Waals surface area contributed by atoms with E-state index in [2.05, 4.69) is 31.7 Å². The number of aromatic nitrogens is 3. The maximum Gasteiger partial charge on any atom is 0.180 e. The number of rotatable bonds is 4. The lowest BCUT2D eigenvalue weighted by atomic mass is 10.1. The molecule has 5 heteroatoms. The minimum atomic E-state index is 0.689. The molecule has 0 unspecified atom stereocenters. The molecule has 0 amide bonds. The molecule has 5 nitrogen and oxygen atoms in total. The molecule has 98 valence electrons. The Kier molecular flexibility index (Phi) is 3.65. The van der Waals surface area contributed by atoms with Gasteiger partial charge < -0.3 is 10.6 Å². The SMILES string of the molecule is C1=C(CCNc2ccc3nccnc3n2)CCNC1. The quantitative estimate of drug-likeness (QED) is 0.815. The number of anilines is 1. The van der Waals surface area contributed by atoms with Gasteiger partial charge >= 0.3 is 0 Å². The van der Waals surface area contributed by atoms with Gasteiger partial charge in [-0.25, -0.2) is 9.97 Å². The van der Waals surface area contributed by atoms with E-state index in [0.717, 1.165) is 43.8 Å². The van der Waals surface area contributed by atoms with Gasteiger partial charge in [0.2, 0.25) is 0 Å². The lowest BCUT2D eigenvalue weighted by molar-refractivity contribution is 0.683. The highest BCUT2D eigenvalue weighted by molar-refractivity contribution is 5.71. The second-order valence-electron chi connectivity index (χ2n) is 4.59. The van der Waals surface area contributed by atoms with Crippen LogP contribution in [0.4, 0.5) is 5.82 Å². The molecule has 0 aliphatic carbocycles. The third-order valence-corrected chi connectivity index (χ3v) is 3.24. The molecule has 0 atom stereocenters. The fourth-order valence-electron chi connectivity index (χ4n) is 2.20. The zero-order valence-electron chi connectivity index (χ0n) is 10.8. The molecule has 0 spiro atoms. The predicted molar refractivity (Wildman–Crippen MR) is 76.0 cm³/mol. The number of hydrogen-bond donors (Lipinski definition) is 2. The van der Waals surface area contributed by atoms with Crippen LogP contribution in [-0.2, 0) is 0 Å². The van der Waals surface area contributed by atoms with E-state index in [1.165, 1.54) is 5.57 Å². The van der Waals surface area contributed by atoms with Crippen molar-refractivity contribution in [2.45, 2.75) is 12.8 Å². The molecule has 0 fully saturated rings. The standard InChI is InChI=1S/C14H17N5/c1-2-13(19-14-12(1)16-9-10-18-14)17-8-5-11-3-6-15-7-4-11/h1-3,9-10,15H,4-8H2,(H,17,18,19). The van der Waals surface area contributed by atoms with Gasteiger partial charge in [0.15, 0.2) is 5.65 Å². The van der Waals surface area contributed by atoms with Crippen LogP contribution in [0.25, 0.3) is 11.2 Å². The number of fused-ring (bicyclic) bond motifs is 1. The van der Waals surface area contributed by atoms with E-state index in [0.29, 0.717) is 5.65 Å². The number of nitrogens with one attached hydrogen (secondary N) is 2. The highest BCUT2D eigenvalue weighted by Gasteiger charge is 2.03. The average molecular weight is 255 g/mol. The van der Waals surface area contributed by atoms with Crippen LogP contribution in [0.15, 0.2) is 36.2 Å². The molecular weight excluding hydrogens is 238 g/mol. The zero-order valence-corrected chi connectivity index (χ0v) is 10.8. The Bertz CT molecular complexity index is 593. The molecule has 0 bridgehead atoms. The Morgan fingerprint density at radius 2 is 2.16 bits per heavy atom. The van der Waals surface area contributed by atoms with E-state index >= 15 is 0 Å². The van der Waals surface area contributed by atoms with E-state index in [1.807, 2.05) is 12.1 Å². The van der Waals surface area contributed by atoms with Gasteiger partial charge in [0, 0.05) is 25.5 Å². The summed E-state index contributed by atoms with van der Waals surface area (Å²) in [5.74, 6) is 0.863. The van der Waals surface area contributed by atoms with Gasteiger partial charge in [-0.15, -0.1) is 0 Å². The van der Waals surface area contributed by atoms with Crippen molar-refractivity contribution in [1.82, 2.24) is 20.3 Å². The fourth-order valence-corrected chi connectivity index (χ4v) is 2.20. The van der Waals surface area contributed by atoms with Crippen molar-refractivity contribution < 1.29 is 0 Å². The van der Waals surface area contributed by atoms with E-state index in [1.54, 1.807) is 12.4 Å². The van der Waals surface area contributed by atoms with Gasteiger partial charge in [0.1, 0.15) is 11.3 Å². The number of pyridine rings is 1. The van der Waals surface area contributed by atoms with Crippen LogP contribution in [-0.4, -0.2) is 34.6 Å². The van der Waals surface area contributed by atoms with Gasteiger partial charge in [-0.1, -0.05) is 11.6 Å². The molecule has 0 saturated carbocycles. The lowest BCUT2D eigenvalue weighted by Gasteiger charge is -2.14. The lowest BCUT2D eigenvalue weighted by Crippen LogP contribution is -2.21. The summed E-state index contributed by atoms with van der Waals surface area (Å²) in [6.45, 7) is 3.00. The summed E-state index contributed by atoms with van der Waals surface area (Å²) in [4.78, 5) is 12.9. The average Bonchev–Trinajstić information content (AvgIpc) is 2.48. The molecule has 0 radical (unpaired) electrons. The molecule has 3 rings (SSSR count). The molecule has 1 aliphatic rings. The van der Waals surface area contributed by atoms with Crippen LogP contribution in [0.5, 0.6) is 0 Å². The monoisotopic (exact) mass is 255 g/mol. The second-order valence-corrected chi connectivity index (χ2v) is 4.59. The Morgan fingerprint density at radius 1 is 1.21 bits per heavy atom. The third kappa shape index (κ3) is 3.06. The van der Waals surface area contributed by atoms with Gasteiger partial charge in [-0.3, -0.25) is 4.98 Å². The predicted octanol–water partition coefficient (Wildman–Crippen LogP) is 1.75. The highest BCUT2D eigenvalue weighted by Crippen LogP contribution is 2.12. The first-order valence-corrected chi connectivity index (χ1v) is 6.62. The van der Waals surface area contributed by atoms with Crippen molar-refractivity contribution in [3.05, 3.63) is 36.2 Å². The van der Waals surface area contributed by atoms with Crippen molar-refractivity contribution in [2.75, 3.05) is 25.0 Å². The fraction of sp³-hybridized carbons (Fsp3) is 0.357. The van der Waals surface area contributed by atoms with Crippen LogP contribution in [0.3, 0.4) is 0 Å². The maximum atomic E-state index is 4.44. The van der Waals surface area contributed by atoms with E-state index < -0.39 is 0 Å². The minimum absolute atomic E-state index is 0.689. The van der Waals surface area contributed by atoms with Crippen molar-refractivity contribution in [3.8, 4) is 0 Å². The summed E-state index contributed by atoms with van der Waals surface area (Å²) in [6.07, 6.45) is 7.85. The van der Waals surface area contributed by atoms with Crippen molar-refractivity contribution in [1.29, 1.82) is 0 Å². The molecule has 2 aromatic rings. The number of nitrogens with zero attached hydrogens (tertiary/aromatic N) is 3. The summed E-state index contributed by atoms with van der Waals surface area (Å²) in [5.41, 5.74) is 3.04. The molecule has 19 heavy (non-hydrogen) atoms. The summed E-state index contributed by atoms with van der Waals surface area (Å²) in [6, 6.07) is 3.90.